The van der Waals surface area contributed by atoms with Gasteiger partial charge in [0.1, 0.15) is 17.3 Å². The first-order chi connectivity index (χ1) is 10.6. The van der Waals surface area contributed by atoms with E-state index in [0.717, 1.165) is 0 Å². The average Bonchev–Trinajstić information content (AvgIpc) is 2.54. The standard InChI is InChI=1S/C16H17FN2O3/c1-21-12-7-8-14(15(9-12)22-2)19-16(20)18-10-11-5-3-4-6-13(11)17/h3-9H,10H2,1-2H3,(H2,18,19,20). The van der Waals surface area contributed by atoms with Gasteiger partial charge in [-0.2, -0.15) is 0 Å². The Morgan fingerprint density at radius 2 is 1.91 bits per heavy atom. The molecule has 0 unspecified atom stereocenters. The third kappa shape index (κ3) is 3.88. The van der Waals surface area contributed by atoms with Crippen molar-refractivity contribution in [3.8, 4) is 11.5 Å². The van der Waals surface area contributed by atoms with Crippen LogP contribution in [0.4, 0.5) is 14.9 Å². The van der Waals surface area contributed by atoms with Crippen LogP contribution in [0.3, 0.4) is 0 Å². The number of hydrogen-bond donors (Lipinski definition) is 2. The molecule has 5 nitrogen and oxygen atoms in total. The van der Waals surface area contributed by atoms with Gasteiger partial charge in [-0.25, -0.2) is 9.18 Å². The lowest BCUT2D eigenvalue weighted by Gasteiger charge is -2.12. The summed E-state index contributed by atoms with van der Waals surface area (Å²) < 4.78 is 23.7. The molecule has 2 aromatic carbocycles. The number of nitrogens with one attached hydrogen (secondary N) is 2. The molecule has 0 saturated carbocycles. The van der Waals surface area contributed by atoms with Gasteiger partial charge in [-0.15, -0.1) is 0 Å². The van der Waals surface area contributed by atoms with Crippen LogP contribution in [0, 0.1) is 5.82 Å². The molecule has 2 amide bonds. The molecule has 0 heterocycles. The Kier molecular flexibility index (Phi) is 5.19. The second kappa shape index (κ2) is 7.31. The van der Waals surface area contributed by atoms with E-state index in [1.807, 2.05) is 0 Å². The molecular weight excluding hydrogens is 287 g/mol. The largest absolute Gasteiger partial charge is 0.497 e. The molecular formula is C16H17FN2O3. The summed E-state index contributed by atoms with van der Waals surface area (Å²) in [7, 11) is 3.04. The first-order valence-electron chi connectivity index (χ1n) is 6.64. The number of hydrogen-bond acceptors (Lipinski definition) is 3. The maximum Gasteiger partial charge on any atom is 0.319 e. The minimum Gasteiger partial charge on any atom is -0.497 e. The molecule has 0 aromatic heterocycles. The van der Waals surface area contributed by atoms with E-state index in [1.165, 1.54) is 13.2 Å². The number of amides is 2. The fourth-order valence-electron chi connectivity index (χ4n) is 1.89. The highest BCUT2D eigenvalue weighted by Gasteiger charge is 2.09. The second-order valence-electron chi connectivity index (χ2n) is 4.47. The normalized spacial score (nSPS) is 9.95. The molecule has 0 saturated heterocycles. The summed E-state index contributed by atoms with van der Waals surface area (Å²) in [4.78, 5) is 11.9. The van der Waals surface area contributed by atoms with E-state index in [9.17, 15) is 9.18 Å². The fourth-order valence-corrected chi connectivity index (χ4v) is 1.89. The van der Waals surface area contributed by atoms with Crippen LogP contribution < -0.4 is 20.1 Å². The first-order valence-corrected chi connectivity index (χ1v) is 6.64. The number of urea groups is 1. The van der Waals surface area contributed by atoms with Crippen molar-refractivity contribution in [3.63, 3.8) is 0 Å². The van der Waals surface area contributed by atoms with Crippen LogP contribution >= 0.6 is 0 Å². The Bertz CT molecular complexity index is 662. The molecule has 2 rings (SSSR count). The predicted molar refractivity (Wildman–Crippen MR) is 81.8 cm³/mol. The second-order valence-corrected chi connectivity index (χ2v) is 4.47. The Balaban J connectivity index is 1.99. The van der Waals surface area contributed by atoms with Crippen molar-refractivity contribution >= 4 is 11.7 Å². The molecule has 0 aliphatic carbocycles. The highest BCUT2D eigenvalue weighted by molar-refractivity contribution is 5.91. The van der Waals surface area contributed by atoms with Gasteiger partial charge >= 0.3 is 6.03 Å². The summed E-state index contributed by atoms with van der Waals surface area (Å²) in [5.41, 5.74) is 0.911. The van der Waals surface area contributed by atoms with Crippen LogP contribution in [0.25, 0.3) is 0 Å². The Labute approximate surface area is 128 Å². The minimum atomic E-state index is -0.452. The summed E-state index contributed by atoms with van der Waals surface area (Å²) in [6, 6.07) is 10.9. The highest BCUT2D eigenvalue weighted by atomic mass is 19.1. The smallest absolute Gasteiger partial charge is 0.319 e. The van der Waals surface area contributed by atoms with E-state index >= 15 is 0 Å². The van der Waals surface area contributed by atoms with Crippen molar-refractivity contribution in [2.24, 2.45) is 0 Å². The molecule has 0 radical (unpaired) electrons. The number of carbonyl (C=O) groups is 1. The van der Waals surface area contributed by atoms with Gasteiger partial charge in [-0.1, -0.05) is 18.2 Å². The zero-order valence-electron chi connectivity index (χ0n) is 12.4. The van der Waals surface area contributed by atoms with Crippen LogP contribution in [-0.2, 0) is 6.54 Å². The summed E-state index contributed by atoms with van der Waals surface area (Å²) in [5, 5.41) is 5.24. The number of anilines is 1. The van der Waals surface area contributed by atoms with Crippen LogP contribution in [0.1, 0.15) is 5.56 Å². The van der Waals surface area contributed by atoms with Crippen LogP contribution in [0.2, 0.25) is 0 Å². The third-order valence-electron chi connectivity index (χ3n) is 3.05. The molecule has 116 valence electrons. The van der Waals surface area contributed by atoms with E-state index < -0.39 is 6.03 Å². The van der Waals surface area contributed by atoms with E-state index in [0.29, 0.717) is 22.7 Å². The van der Waals surface area contributed by atoms with Gasteiger partial charge in [0.25, 0.3) is 0 Å². The Morgan fingerprint density at radius 1 is 1.14 bits per heavy atom. The van der Waals surface area contributed by atoms with Crippen molar-refractivity contribution in [2.75, 3.05) is 19.5 Å². The van der Waals surface area contributed by atoms with E-state index in [2.05, 4.69) is 10.6 Å². The van der Waals surface area contributed by atoms with Gasteiger partial charge < -0.3 is 20.1 Å². The zero-order chi connectivity index (χ0) is 15.9. The van der Waals surface area contributed by atoms with E-state index in [1.54, 1.807) is 43.5 Å². The fraction of sp³-hybridized carbons (Fsp3) is 0.188. The lowest BCUT2D eigenvalue weighted by Crippen LogP contribution is -2.28. The van der Waals surface area contributed by atoms with Gasteiger partial charge in [-0.05, 0) is 18.2 Å². The van der Waals surface area contributed by atoms with Crippen LogP contribution in [0.5, 0.6) is 11.5 Å². The van der Waals surface area contributed by atoms with Gasteiger partial charge in [0.2, 0.25) is 0 Å². The Morgan fingerprint density at radius 3 is 2.59 bits per heavy atom. The van der Waals surface area contributed by atoms with Crippen molar-refractivity contribution in [1.29, 1.82) is 0 Å². The molecule has 0 aliphatic heterocycles. The quantitative estimate of drug-likeness (QED) is 0.892. The summed E-state index contributed by atoms with van der Waals surface area (Å²) in [6.07, 6.45) is 0. The molecule has 0 aliphatic rings. The number of halogens is 1. The number of ether oxygens (including phenoxy) is 2. The summed E-state index contributed by atoms with van der Waals surface area (Å²) in [6.45, 7) is 0.0942. The van der Waals surface area contributed by atoms with Crippen molar-refractivity contribution < 1.29 is 18.7 Å². The van der Waals surface area contributed by atoms with E-state index in [4.69, 9.17) is 9.47 Å². The van der Waals surface area contributed by atoms with Crippen LogP contribution in [0.15, 0.2) is 42.5 Å². The molecule has 2 aromatic rings. The van der Waals surface area contributed by atoms with Gasteiger partial charge in [-0.3, -0.25) is 0 Å². The van der Waals surface area contributed by atoms with Gasteiger partial charge in [0, 0.05) is 18.2 Å². The van der Waals surface area contributed by atoms with Crippen molar-refractivity contribution in [3.05, 3.63) is 53.8 Å². The van der Waals surface area contributed by atoms with Crippen molar-refractivity contribution in [1.82, 2.24) is 5.32 Å². The first kappa shape index (κ1) is 15.6. The summed E-state index contributed by atoms with van der Waals surface area (Å²) in [5.74, 6) is 0.736. The molecule has 6 heteroatoms. The summed E-state index contributed by atoms with van der Waals surface area (Å²) >= 11 is 0. The maximum atomic E-state index is 13.5. The number of methoxy groups -OCH3 is 2. The lowest BCUT2D eigenvalue weighted by atomic mass is 10.2. The zero-order valence-corrected chi connectivity index (χ0v) is 12.4. The van der Waals surface area contributed by atoms with Crippen LogP contribution in [-0.4, -0.2) is 20.3 Å². The minimum absolute atomic E-state index is 0.0942. The molecule has 22 heavy (non-hydrogen) atoms. The number of carbonyl (C=O) groups excluding carboxylic acids is 1. The Hall–Kier alpha value is -2.76. The molecule has 2 N–H and O–H groups in total. The number of benzene rings is 2. The SMILES string of the molecule is COc1ccc(NC(=O)NCc2ccccc2F)c(OC)c1. The monoisotopic (exact) mass is 304 g/mol. The van der Waals surface area contributed by atoms with Crippen molar-refractivity contribution in [2.45, 2.75) is 6.54 Å². The van der Waals surface area contributed by atoms with Gasteiger partial charge in [0.15, 0.2) is 0 Å². The lowest BCUT2D eigenvalue weighted by molar-refractivity contribution is 0.251. The average molecular weight is 304 g/mol. The molecule has 0 atom stereocenters. The highest BCUT2D eigenvalue weighted by Crippen LogP contribution is 2.28. The molecule has 0 spiro atoms. The number of rotatable bonds is 5. The maximum absolute atomic E-state index is 13.5. The molecule has 0 bridgehead atoms. The topological polar surface area (TPSA) is 59.6 Å². The van der Waals surface area contributed by atoms with Gasteiger partial charge in [0.05, 0.1) is 19.9 Å². The predicted octanol–water partition coefficient (Wildman–Crippen LogP) is 3.16. The molecule has 0 fully saturated rings. The van der Waals surface area contributed by atoms with E-state index in [-0.39, 0.29) is 12.4 Å². The third-order valence-corrected chi connectivity index (χ3v) is 3.05.